The van der Waals surface area contributed by atoms with Gasteiger partial charge in [-0.25, -0.2) is 0 Å². The average Bonchev–Trinajstić information content (AvgIpc) is 2.39. The van der Waals surface area contributed by atoms with Gasteiger partial charge in [0, 0.05) is 24.6 Å². The zero-order chi connectivity index (χ0) is 13.8. The molecule has 0 unspecified atom stereocenters. The molecule has 2 aromatic carbocycles. The van der Waals surface area contributed by atoms with E-state index in [1.165, 1.54) is 0 Å². The third-order valence-corrected chi connectivity index (χ3v) is 3.02. The quantitative estimate of drug-likeness (QED) is 0.840. The zero-order valence-electron chi connectivity index (χ0n) is 10.9. The van der Waals surface area contributed by atoms with Gasteiger partial charge in [-0.15, -0.1) is 12.6 Å². The highest BCUT2D eigenvalue weighted by molar-refractivity contribution is 7.80. The van der Waals surface area contributed by atoms with Gasteiger partial charge in [0.1, 0.15) is 0 Å². The predicted octanol–water partition coefficient (Wildman–Crippen LogP) is 3.29. The number of nitrogens with zero attached hydrogens (tertiary/aromatic N) is 1. The topological polar surface area (TPSA) is 32.3 Å². The number of hydrogen-bond donors (Lipinski definition) is 2. The molecule has 0 fully saturated rings. The largest absolute Gasteiger partial charge is 0.376 e. The number of carbonyl (C=O) groups is 1. The first-order valence-electron chi connectivity index (χ1n) is 5.94. The molecule has 0 saturated heterocycles. The van der Waals surface area contributed by atoms with Crippen LogP contribution in [0.15, 0.2) is 53.4 Å². The summed E-state index contributed by atoms with van der Waals surface area (Å²) in [5, 5.41) is 2.92. The lowest BCUT2D eigenvalue weighted by molar-refractivity contribution is 0.102. The van der Waals surface area contributed by atoms with Crippen molar-refractivity contribution >= 4 is 29.9 Å². The molecule has 1 amide bonds. The van der Waals surface area contributed by atoms with Gasteiger partial charge in [0.2, 0.25) is 0 Å². The molecule has 0 aliphatic heterocycles. The van der Waals surface area contributed by atoms with E-state index in [9.17, 15) is 4.79 Å². The van der Waals surface area contributed by atoms with E-state index in [0.717, 1.165) is 16.3 Å². The molecule has 0 spiro atoms. The van der Waals surface area contributed by atoms with E-state index in [-0.39, 0.29) is 5.91 Å². The van der Waals surface area contributed by atoms with Crippen LogP contribution < -0.4 is 10.2 Å². The minimum Gasteiger partial charge on any atom is -0.376 e. The van der Waals surface area contributed by atoms with E-state index in [1.807, 2.05) is 55.4 Å². The molecule has 0 heterocycles. The summed E-state index contributed by atoms with van der Waals surface area (Å²) in [7, 11) is 3.89. The molecule has 98 valence electrons. The van der Waals surface area contributed by atoms with E-state index in [2.05, 4.69) is 17.9 Å². The van der Waals surface area contributed by atoms with Gasteiger partial charge in [-0.2, -0.15) is 0 Å². The summed E-state index contributed by atoms with van der Waals surface area (Å²) in [6.45, 7) is 0. The lowest BCUT2D eigenvalue weighted by Gasteiger charge is -2.17. The fraction of sp³-hybridized carbons (Fsp3) is 0.133. The lowest BCUT2D eigenvalue weighted by atomic mass is 10.2. The van der Waals surface area contributed by atoms with Crippen LogP contribution in [-0.4, -0.2) is 20.0 Å². The number of thiol groups is 1. The second-order valence-corrected chi connectivity index (χ2v) is 4.93. The van der Waals surface area contributed by atoms with Crippen LogP contribution in [0.3, 0.4) is 0 Å². The van der Waals surface area contributed by atoms with Crippen molar-refractivity contribution in [2.24, 2.45) is 0 Å². The van der Waals surface area contributed by atoms with Gasteiger partial charge in [-0.3, -0.25) is 4.79 Å². The van der Waals surface area contributed by atoms with Crippen LogP contribution in [0.25, 0.3) is 0 Å². The minimum atomic E-state index is -0.134. The maximum absolute atomic E-state index is 12.2. The molecule has 2 rings (SSSR count). The minimum absolute atomic E-state index is 0.134. The van der Waals surface area contributed by atoms with Crippen LogP contribution in [0.5, 0.6) is 0 Å². The average molecular weight is 272 g/mol. The number of benzene rings is 2. The standard InChI is InChI=1S/C15H16N2OS/c1-17(2)14-9-4-3-8-13(14)16-15(18)11-6-5-7-12(19)10-11/h3-10,19H,1-2H3,(H,16,18). The van der Waals surface area contributed by atoms with Crippen molar-refractivity contribution in [1.29, 1.82) is 0 Å². The van der Waals surface area contributed by atoms with Gasteiger partial charge >= 0.3 is 0 Å². The molecule has 0 aliphatic carbocycles. The molecule has 0 aromatic heterocycles. The third-order valence-electron chi connectivity index (χ3n) is 2.74. The molecule has 0 bridgehead atoms. The molecule has 2 aromatic rings. The molecule has 0 aliphatic rings. The van der Waals surface area contributed by atoms with Gasteiger partial charge in [0.15, 0.2) is 0 Å². The molecule has 19 heavy (non-hydrogen) atoms. The van der Waals surface area contributed by atoms with Gasteiger partial charge in [-0.1, -0.05) is 18.2 Å². The number of hydrogen-bond acceptors (Lipinski definition) is 3. The number of rotatable bonds is 3. The Morgan fingerprint density at radius 2 is 1.84 bits per heavy atom. The van der Waals surface area contributed by atoms with Crippen molar-refractivity contribution in [1.82, 2.24) is 0 Å². The molecular weight excluding hydrogens is 256 g/mol. The molecule has 1 N–H and O–H groups in total. The number of para-hydroxylation sites is 2. The van der Waals surface area contributed by atoms with Crippen molar-refractivity contribution in [3.63, 3.8) is 0 Å². The molecular formula is C15H16N2OS. The fourth-order valence-electron chi connectivity index (χ4n) is 1.81. The Morgan fingerprint density at radius 3 is 2.53 bits per heavy atom. The third kappa shape index (κ3) is 3.29. The summed E-state index contributed by atoms with van der Waals surface area (Å²) in [6.07, 6.45) is 0. The van der Waals surface area contributed by atoms with Crippen LogP contribution in [0.1, 0.15) is 10.4 Å². The monoisotopic (exact) mass is 272 g/mol. The highest BCUT2D eigenvalue weighted by atomic mass is 32.1. The molecule has 0 saturated carbocycles. The second-order valence-electron chi connectivity index (χ2n) is 4.42. The highest BCUT2D eigenvalue weighted by Crippen LogP contribution is 2.24. The number of carbonyl (C=O) groups excluding carboxylic acids is 1. The number of anilines is 2. The first-order valence-corrected chi connectivity index (χ1v) is 6.39. The van der Waals surface area contributed by atoms with Crippen molar-refractivity contribution in [2.45, 2.75) is 4.90 Å². The summed E-state index contributed by atoms with van der Waals surface area (Å²) in [6, 6.07) is 14.9. The van der Waals surface area contributed by atoms with Crippen molar-refractivity contribution < 1.29 is 4.79 Å². The van der Waals surface area contributed by atoms with E-state index >= 15 is 0 Å². The molecule has 3 nitrogen and oxygen atoms in total. The normalized spacial score (nSPS) is 10.1. The number of amides is 1. The van der Waals surface area contributed by atoms with Crippen LogP contribution in [0.2, 0.25) is 0 Å². The van der Waals surface area contributed by atoms with Crippen LogP contribution in [0, 0.1) is 0 Å². The Bertz CT molecular complexity index is 596. The number of nitrogens with one attached hydrogen (secondary N) is 1. The van der Waals surface area contributed by atoms with E-state index in [0.29, 0.717) is 5.56 Å². The van der Waals surface area contributed by atoms with Gasteiger partial charge in [-0.05, 0) is 30.3 Å². The summed E-state index contributed by atoms with van der Waals surface area (Å²) in [4.78, 5) is 14.9. The summed E-state index contributed by atoms with van der Waals surface area (Å²) in [5.74, 6) is -0.134. The Morgan fingerprint density at radius 1 is 1.11 bits per heavy atom. The van der Waals surface area contributed by atoms with Crippen LogP contribution in [0.4, 0.5) is 11.4 Å². The SMILES string of the molecule is CN(C)c1ccccc1NC(=O)c1cccc(S)c1. The molecule has 4 heteroatoms. The zero-order valence-corrected chi connectivity index (χ0v) is 11.8. The van der Waals surface area contributed by atoms with E-state index in [1.54, 1.807) is 12.1 Å². The second kappa shape index (κ2) is 5.80. The summed E-state index contributed by atoms with van der Waals surface area (Å²) < 4.78 is 0. The Kier molecular flexibility index (Phi) is 4.12. The molecule has 0 atom stereocenters. The van der Waals surface area contributed by atoms with Gasteiger partial charge in [0.25, 0.3) is 5.91 Å². The Labute approximate surface area is 118 Å². The van der Waals surface area contributed by atoms with E-state index in [4.69, 9.17) is 0 Å². The first kappa shape index (κ1) is 13.5. The first-order chi connectivity index (χ1) is 9.08. The smallest absolute Gasteiger partial charge is 0.255 e. The van der Waals surface area contributed by atoms with Gasteiger partial charge in [0.05, 0.1) is 11.4 Å². The molecule has 0 radical (unpaired) electrons. The van der Waals surface area contributed by atoms with Crippen molar-refractivity contribution in [3.8, 4) is 0 Å². The van der Waals surface area contributed by atoms with Crippen LogP contribution >= 0.6 is 12.6 Å². The van der Waals surface area contributed by atoms with Crippen molar-refractivity contribution in [3.05, 3.63) is 54.1 Å². The van der Waals surface area contributed by atoms with E-state index < -0.39 is 0 Å². The van der Waals surface area contributed by atoms with Crippen LogP contribution in [-0.2, 0) is 0 Å². The Hall–Kier alpha value is -1.94. The fourth-order valence-corrected chi connectivity index (χ4v) is 2.04. The summed E-state index contributed by atoms with van der Waals surface area (Å²) in [5.41, 5.74) is 2.36. The summed E-state index contributed by atoms with van der Waals surface area (Å²) >= 11 is 4.24. The highest BCUT2D eigenvalue weighted by Gasteiger charge is 2.09. The Balaban J connectivity index is 2.24. The maximum atomic E-state index is 12.2. The maximum Gasteiger partial charge on any atom is 0.255 e. The van der Waals surface area contributed by atoms with Gasteiger partial charge < -0.3 is 10.2 Å². The lowest BCUT2D eigenvalue weighted by Crippen LogP contribution is -2.16. The van der Waals surface area contributed by atoms with Crippen molar-refractivity contribution in [2.75, 3.05) is 24.3 Å². The predicted molar refractivity (Wildman–Crippen MR) is 82.4 cm³/mol.